The second kappa shape index (κ2) is 7.69. The maximum absolute atomic E-state index is 12.0. The Labute approximate surface area is 139 Å². The lowest BCUT2D eigenvalue weighted by Crippen LogP contribution is -2.07. The van der Waals surface area contributed by atoms with Crippen LogP contribution in [0.5, 0.6) is 11.5 Å². The van der Waals surface area contributed by atoms with Crippen LogP contribution in [-0.4, -0.2) is 15.9 Å². The second-order valence-corrected chi connectivity index (χ2v) is 4.89. The van der Waals surface area contributed by atoms with Gasteiger partial charge in [-0.2, -0.15) is 0 Å². The molecule has 0 aliphatic carbocycles. The van der Waals surface area contributed by atoms with Gasteiger partial charge in [0.1, 0.15) is 11.5 Å². The SMILES string of the molecule is O=C(/C=C/c1ccccn1)Nc1cccc(Oc2ccncc2)c1. The summed E-state index contributed by atoms with van der Waals surface area (Å²) in [5.41, 5.74) is 1.37. The van der Waals surface area contributed by atoms with Crippen molar-refractivity contribution >= 4 is 17.7 Å². The number of rotatable bonds is 5. The molecule has 0 spiro atoms. The van der Waals surface area contributed by atoms with Crippen molar-refractivity contribution in [2.75, 3.05) is 5.32 Å². The van der Waals surface area contributed by atoms with Crippen LogP contribution in [0.4, 0.5) is 5.69 Å². The fourth-order valence-corrected chi connectivity index (χ4v) is 2.00. The number of hydrogen-bond donors (Lipinski definition) is 1. The number of aromatic nitrogens is 2. The number of nitrogens with zero attached hydrogens (tertiary/aromatic N) is 2. The first-order chi connectivity index (χ1) is 11.8. The average Bonchev–Trinajstić information content (AvgIpc) is 2.62. The van der Waals surface area contributed by atoms with E-state index in [0.29, 0.717) is 17.2 Å². The number of carbonyl (C=O) groups is 1. The molecule has 2 aromatic heterocycles. The predicted molar refractivity (Wildman–Crippen MR) is 92.7 cm³/mol. The van der Waals surface area contributed by atoms with E-state index >= 15 is 0 Å². The number of pyridine rings is 2. The van der Waals surface area contributed by atoms with Crippen LogP contribution in [0.15, 0.2) is 79.3 Å². The zero-order valence-electron chi connectivity index (χ0n) is 12.8. The van der Waals surface area contributed by atoms with Crippen LogP contribution in [0.25, 0.3) is 6.08 Å². The highest BCUT2D eigenvalue weighted by atomic mass is 16.5. The number of anilines is 1. The Balaban J connectivity index is 1.64. The highest BCUT2D eigenvalue weighted by molar-refractivity contribution is 6.01. The van der Waals surface area contributed by atoms with Crippen LogP contribution in [0.2, 0.25) is 0 Å². The van der Waals surface area contributed by atoms with E-state index in [2.05, 4.69) is 15.3 Å². The molecule has 0 aliphatic heterocycles. The van der Waals surface area contributed by atoms with Crippen LogP contribution >= 0.6 is 0 Å². The van der Waals surface area contributed by atoms with Crippen LogP contribution < -0.4 is 10.1 Å². The van der Waals surface area contributed by atoms with Crippen molar-refractivity contribution < 1.29 is 9.53 Å². The van der Waals surface area contributed by atoms with Crippen molar-refractivity contribution in [3.63, 3.8) is 0 Å². The molecule has 1 aromatic carbocycles. The number of ether oxygens (including phenoxy) is 1. The Morgan fingerprint density at radius 2 is 1.83 bits per heavy atom. The van der Waals surface area contributed by atoms with Crippen LogP contribution in [0.3, 0.4) is 0 Å². The predicted octanol–water partition coefficient (Wildman–Crippen LogP) is 3.92. The summed E-state index contributed by atoms with van der Waals surface area (Å²) in [6.07, 6.45) is 8.09. The van der Waals surface area contributed by atoms with Crippen molar-refractivity contribution in [2.45, 2.75) is 0 Å². The Morgan fingerprint density at radius 3 is 2.62 bits per heavy atom. The van der Waals surface area contributed by atoms with Gasteiger partial charge in [-0.05, 0) is 42.5 Å². The molecule has 0 bridgehead atoms. The van der Waals surface area contributed by atoms with Gasteiger partial charge in [0.05, 0.1) is 5.69 Å². The molecule has 0 radical (unpaired) electrons. The Kier molecular flexibility index (Phi) is 4.94. The molecule has 0 atom stereocenters. The number of hydrogen-bond acceptors (Lipinski definition) is 4. The third-order valence-corrected chi connectivity index (χ3v) is 3.08. The summed E-state index contributed by atoms with van der Waals surface area (Å²) in [5, 5.41) is 2.79. The molecule has 0 fully saturated rings. The molecule has 1 N–H and O–H groups in total. The smallest absolute Gasteiger partial charge is 0.248 e. The largest absolute Gasteiger partial charge is 0.457 e. The van der Waals surface area contributed by atoms with Crippen LogP contribution in [-0.2, 0) is 4.79 Å². The van der Waals surface area contributed by atoms with E-state index in [4.69, 9.17) is 4.74 Å². The molecule has 0 saturated carbocycles. The molecule has 118 valence electrons. The van der Waals surface area contributed by atoms with Gasteiger partial charge in [-0.1, -0.05) is 12.1 Å². The molecule has 3 rings (SSSR count). The van der Waals surface area contributed by atoms with E-state index in [1.807, 2.05) is 30.3 Å². The Hall–Kier alpha value is -3.47. The summed E-state index contributed by atoms with van der Waals surface area (Å²) >= 11 is 0. The highest BCUT2D eigenvalue weighted by Crippen LogP contribution is 2.23. The Bertz CT molecular complexity index is 834. The van der Waals surface area contributed by atoms with E-state index in [1.54, 1.807) is 48.9 Å². The quantitative estimate of drug-likeness (QED) is 0.724. The van der Waals surface area contributed by atoms with Gasteiger partial charge >= 0.3 is 0 Å². The topological polar surface area (TPSA) is 64.1 Å². The molecule has 0 unspecified atom stereocenters. The molecule has 5 nitrogen and oxygen atoms in total. The molecular formula is C19H15N3O2. The highest BCUT2D eigenvalue weighted by Gasteiger charge is 2.01. The molecule has 5 heteroatoms. The fourth-order valence-electron chi connectivity index (χ4n) is 2.00. The third kappa shape index (κ3) is 4.51. The maximum atomic E-state index is 12.0. The van der Waals surface area contributed by atoms with Gasteiger partial charge in [-0.25, -0.2) is 0 Å². The molecular weight excluding hydrogens is 302 g/mol. The zero-order valence-corrected chi connectivity index (χ0v) is 12.8. The Morgan fingerprint density at radius 1 is 0.958 bits per heavy atom. The minimum atomic E-state index is -0.235. The molecule has 0 aliphatic rings. The number of amides is 1. The molecule has 3 aromatic rings. The molecule has 2 heterocycles. The van der Waals surface area contributed by atoms with Crippen molar-refractivity contribution in [1.82, 2.24) is 9.97 Å². The first-order valence-electron chi connectivity index (χ1n) is 7.38. The van der Waals surface area contributed by atoms with Gasteiger partial charge in [-0.15, -0.1) is 0 Å². The molecule has 24 heavy (non-hydrogen) atoms. The van der Waals surface area contributed by atoms with Crippen molar-refractivity contribution in [2.24, 2.45) is 0 Å². The maximum Gasteiger partial charge on any atom is 0.248 e. The third-order valence-electron chi connectivity index (χ3n) is 3.08. The van der Waals surface area contributed by atoms with Gasteiger partial charge in [0, 0.05) is 36.4 Å². The van der Waals surface area contributed by atoms with Crippen molar-refractivity contribution in [3.8, 4) is 11.5 Å². The minimum Gasteiger partial charge on any atom is -0.457 e. The molecule has 1 amide bonds. The first kappa shape index (κ1) is 15.4. The second-order valence-electron chi connectivity index (χ2n) is 4.89. The fraction of sp³-hybridized carbons (Fsp3) is 0. The van der Waals surface area contributed by atoms with E-state index in [0.717, 1.165) is 5.69 Å². The van der Waals surface area contributed by atoms with E-state index < -0.39 is 0 Å². The van der Waals surface area contributed by atoms with Gasteiger partial charge in [0.25, 0.3) is 0 Å². The summed E-state index contributed by atoms with van der Waals surface area (Å²) in [6, 6.07) is 16.2. The summed E-state index contributed by atoms with van der Waals surface area (Å²) in [7, 11) is 0. The van der Waals surface area contributed by atoms with Gasteiger partial charge in [0.2, 0.25) is 5.91 Å². The normalized spacial score (nSPS) is 10.5. The standard InChI is InChI=1S/C19H15N3O2/c23-19(8-7-15-4-1-2-11-21-15)22-16-5-3-6-18(14-16)24-17-9-12-20-13-10-17/h1-14H,(H,22,23)/b8-7+. The van der Waals surface area contributed by atoms with Gasteiger partial charge in [0.15, 0.2) is 0 Å². The van der Waals surface area contributed by atoms with Gasteiger partial charge < -0.3 is 10.1 Å². The number of benzene rings is 1. The lowest BCUT2D eigenvalue weighted by Gasteiger charge is -2.07. The van der Waals surface area contributed by atoms with Gasteiger partial charge in [-0.3, -0.25) is 14.8 Å². The number of carbonyl (C=O) groups excluding carboxylic acids is 1. The summed E-state index contributed by atoms with van der Waals surface area (Å²) in [6.45, 7) is 0. The van der Waals surface area contributed by atoms with Crippen LogP contribution in [0, 0.1) is 0 Å². The van der Waals surface area contributed by atoms with E-state index in [-0.39, 0.29) is 5.91 Å². The van der Waals surface area contributed by atoms with E-state index in [1.165, 1.54) is 6.08 Å². The summed E-state index contributed by atoms with van der Waals surface area (Å²) in [5.74, 6) is 1.08. The van der Waals surface area contributed by atoms with E-state index in [9.17, 15) is 4.79 Å². The molecule has 0 saturated heterocycles. The average molecular weight is 317 g/mol. The minimum absolute atomic E-state index is 0.235. The zero-order chi connectivity index (χ0) is 16.6. The van der Waals surface area contributed by atoms with Crippen molar-refractivity contribution in [3.05, 3.63) is 85.0 Å². The number of nitrogens with one attached hydrogen (secondary N) is 1. The lowest BCUT2D eigenvalue weighted by molar-refractivity contribution is -0.111. The summed E-state index contributed by atoms with van der Waals surface area (Å²) < 4.78 is 5.71. The monoisotopic (exact) mass is 317 g/mol. The lowest BCUT2D eigenvalue weighted by atomic mass is 10.3. The summed E-state index contributed by atoms with van der Waals surface area (Å²) in [4.78, 5) is 20.0. The van der Waals surface area contributed by atoms with Crippen molar-refractivity contribution in [1.29, 1.82) is 0 Å². The first-order valence-corrected chi connectivity index (χ1v) is 7.38. The van der Waals surface area contributed by atoms with Crippen LogP contribution in [0.1, 0.15) is 5.69 Å².